The Bertz CT molecular complexity index is 574. The van der Waals surface area contributed by atoms with Crippen LogP contribution in [0.15, 0.2) is 66.7 Å². The van der Waals surface area contributed by atoms with Crippen molar-refractivity contribution in [1.82, 2.24) is 5.32 Å². The van der Waals surface area contributed by atoms with Crippen LogP contribution >= 0.6 is 0 Å². The number of benzene rings is 2. The lowest BCUT2D eigenvalue weighted by Gasteiger charge is -2.17. The second-order valence-electron chi connectivity index (χ2n) is 5.64. The Morgan fingerprint density at radius 3 is 2.36 bits per heavy atom. The third-order valence-corrected chi connectivity index (χ3v) is 3.57. The van der Waals surface area contributed by atoms with Crippen molar-refractivity contribution in [1.29, 1.82) is 0 Å². The van der Waals surface area contributed by atoms with Gasteiger partial charge in [-0.05, 0) is 42.2 Å². The van der Waals surface area contributed by atoms with Crippen molar-refractivity contribution in [2.45, 2.75) is 32.9 Å². The lowest BCUT2D eigenvalue weighted by atomic mass is 10.0. The van der Waals surface area contributed by atoms with Crippen molar-refractivity contribution in [2.24, 2.45) is 0 Å². The quantitative estimate of drug-likeness (QED) is 0.701. The van der Waals surface area contributed by atoms with Crippen molar-refractivity contribution in [3.63, 3.8) is 0 Å². The van der Waals surface area contributed by atoms with Gasteiger partial charge >= 0.3 is 0 Å². The molecule has 0 saturated carbocycles. The second-order valence-corrected chi connectivity index (χ2v) is 5.64. The van der Waals surface area contributed by atoms with E-state index in [0.717, 1.165) is 24.3 Å². The molecule has 2 aromatic carbocycles. The molecule has 0 amide bonds. The Kier molecular flexibility index (Phi) is 6.23. The summed E-state index contributed by atoms with van der Waals surface area (Å²) in [4.78, 5) is 0. The minimum absolute atomic E-state index is 0.389. The van der Waals surface area contributed by atoms with E-state index in [9.17, 15) is 0 Å². The summed E-state index contributed by atoms with van der Waals surface area (Å²) in [5.74, 6) is 0.891. The van der Waals surface area contributed by atoms with Gasteiger partial charge in [0.25, 0.3) is 0 Å². The molecule has 2 rings (SSSR count). The summed E-state index contributed by atoms with van der Waals surface area (Å²) in [6.45, 7) is 9.44. The topological polar surface area (TPSA) is 21.3 Å². The standard InChI is InChI=1S/C20H25NO/c1-4-20(18-8-6-5-7-9-18)21-14-17-10-12-19(13-11-17)22-15-16(2)3/h5-13,20-21H,2,4,14-15H2,1,3H3. The summed E-state index contributed by atoms with van der Waals surface area (Å²) in [6, 6.07) is 19.2. The zero-order chi connectivity index (χ0) is 15.8. The van der Waals surface area contributed by atoms with Gasteiger partial charge in [-0.1, -0.05) is 56.0 Å². The fourth-order valence-electron chi connectivity index (χ4n) is 2.33. The molecule has 0 aliphatic rings. The molecule has 0 saturated heterocycles. The maximum atomic E-state index is 5.62. The van der Waals surface area contributed by atoms with Crippen molar-refractivity contribution >= 4 is 0 Å². The van der Waals surface area contributed by atoms with Gasteiger partial charge in [-0.15, -0.1) is 0 Å². The molecule has 0 fully saturated rings. The molecule has 0 heterocycles. The first-order valence-corrected chi connectivity index (χ1v) is 7.83. The van der Waals surface area contributed by atoms with Crippen LogP contribution in [0, 0.1) is 0 Å². The normalized spacial score (nSPS) is 11.9. The predicted molar refractivity (Wildman–Crippen MR) is 93.1 cm³/mol. The number of hydrogen-bond donors (Lipinski definition) is 1. The minimum atomic E-state index is 0.389. The first kappa shape index (κ1) is 16.3. The van der Waals surface area contributed by atoms with Crippen molar-refractivity contribution in [2.75, 3.05) is 6.61 Å². The van der Waals surface area contributed by atoms with E-state index in [2.05, 4.69) is 61.3 Å². The Balaban J connectivity index is 1.89. The van der Waals surface area contributed by atoms with Crippen LogP contribution in [-0.4, -0.2) is 6.61 Å². The number of hydrogen-bond acceptors (Lipinski definition) is 2. The molecule has 0 bridgehead atoms. The zero-order valence-electron chi connectivity index (χ0n) is 13.5. The highest BCUT2D eigenvalue weighted by Crippen LogP contribution is 2.18. The van der Waals surface area contributed by atoms with Gasteiger partial charge < -0.3 is 10.1 Å². The zero-order valence-corrected chi connectivity index (χ0v) is 13.5. The van der Waals surface area contributed by atoms with Gasteiger partial charge in [-0.2, -0.15) is 0 Å². The van der Waals surface area contributed by atoms with Crippen LogP contribution in [0.2, 0.25) is 0 Å². The monoisotopic (exact) mass is 295 g/mol. The minimum Gasteiger partial charge on any atom is -0.489 e. The molecule has 2 aromatic rings. The number of rotatable bonds is 8. The lowest BCUT2D eigenvalue weighted by molar-refractivity contribution is 0.352. The molecular formula is C20H25NO. The van der Waals surface area contributed by atoms with E-state index in [-0.39, 0.29) is 0 Å². The van der Waals surface area contributed by atoms with Gasteiger partial charge in [0.2, 0.25) is 0 Å². The van der Waals surface area contributed by atoms with Crippen molar-refractivity contribution in [3.05, 3.63) is 77.9 Å². The van der Waals surface area contributed by atoms with Crippen LogP contribution in [-0.2, 0) is 6.54 Å². The van der Waals surface area contributed by atoms with Gasteiger partial charge in [0.1, 0.15) is 12.4 Å². The predicted octanol–water partition coefficient (Wildman–Crippen LogP) is 4.88. The largest absolute Gasteiger partial charge is 0.489 e. The van der Waals surface area contributed by atoms with E-state index in [1.165, 1.54) is 11.1 Å². The van der Waals surface area contributed by atoms with Crippen molar-refractivity contribution < 1.29 is 4.74 Å². The van der Waals surface area contributed by atoms with Gasteiger partial charge in [0.05, 0.1) is 0 Å². The summed E-state index contributed by atoms with van der Waals surface area (Å²) >= 11 is 0. The van der Waals surface area contributed by atoms with E-state index in [1.54, 1.807) is 0 Å². The van der Waals surface area contributed by atoms with Crippen LogP contribution in [0.25, 0.3) is 0 Å². The van der Waals surface area contributed by atoms with E-state index >= 15 is 0 Å². The van der Waals surface area contributed by atoms with Crippen molar-refractivity contribution in [3.8, 4) is 5.75 Å². The number of nitrogens with one attached hydrogen (secondary N) is 1. The third-order valence-electron chi connectivity index (χ3n) is 3.57. The van der Waals surface area contributed by atoms with E-state index in [0.29, 0.717) is 12.6 Å². The lowest BCUT2D eigenvalue weighted by Crippen LogP contribution is -2.20. The SMILES string of the molecule is C=C(C)COc1ccc(CNC(CC)c2ccccc2)cc1. The molecule has 2 heteroatoms. The highest BCUT2D eigenvalue weighted by atomic mass is 16.5. The Hall–Kier alpha value is -2.06. The first-order chi connectivity index (χ1) is 10.7. The molecule has 0 aromatic heterocycles. The van der Waals surface area contributed by atoms with Crippen LogP contribution in [0.3, 0.4) is 0 Å². The average Bonchev–Trinajstić information content (AvgIpc) is 2.55. The van der Waals surface area contributed by atoms with Crippen LogP contribution < -0.4 is 10.1 Å². The van der Waals surface area contributed by atoms with E-state index in [4.69, 9.17) is 4.74 Å². The Labute approximate surface area is 133 Å². The smallest absolute Gasteiger partial charge is 0.119 e. The molecule has 0 radical (unpaired) electrons. The van der Waals surface area contributed by atoms with Crippen LogP contribution in [0.1, 0.15) is 37.4 Å². The molecule has 116 valence electrons. The Morgan fingerprint density at radius 1 is 1.09 bits per heavy atom. The molecule has 1 unspecified atom stereocenters. The van der Waals surface area contributed by atoms with Crippen LogP contribution in [0.5, 0.6) is 5.75 Å². The number of ether oxygens (including phenoxy) is 1. The fourth-order valence-corrected chi connectivity index (χ4v) is 2.33. The summed E-state index contributed by atoms with van der Waals surface area (Å²) in [6.07, 6.45) is 1.07. The molecule has 0 aliphatic heterocycles. The second kappa shape index (κ2) is 8.40. The van der Waals surface area contributed by atoms with Gasteiger partial charge in [-0.25, -0.2) is 0 Å². The summed E-state index contributed by atoms with van der Waals surface area (Å²) < 4.78 is 5.62. The summed E-state index contributed by atoms with van der Waals surface area (Å²) in [5.41, 5.74) is 3.63. The third kappa shape index (κ3) is 5.05. The molecule has 1 atom stereocenters. The maximum absolute atomic E-state index is 5.62. The van der Waals surface area contributed by atoms with Crippen LogP contribution in [0.4, 0.5) is 0 Å². The highest BCUT2D eigenvalue weighted by Gasteiger charge is 2.07. The Morgan fingerprint density at radius 2 is 1.77 bits per heavy atom. The molecule has 1 N–H and O–H groups in total. The average molecular weight is 295 g/mol. The van der Waals surface area contributed by atoms with Gasteiger partial charge in [0.15, 0.2) is 0 Å². The molecule has 2 nitrogen and oxygen atoms in total. The van der Waals surface area contributed by atoms with Gasteiger partial charge in [0, 0.05) is 12.6 Å². The van der Waals surface area contributed by atoms with Gasteiger partial charge in [-0.3, -0.25) is 0 Å². The highest BCUT2D eigenvalue weighted by molar-refractivity contribution is 5.28. The fraction of sp³-hybridized carbons (Fsp3) is 0.300. The first-order valence-electron chi connectivity index (χ1n) is 7.83. The summed E-state index contributed by atoms with van der Waals surface area (Å²) in [5, 5.41) is 3.62. The molecule has 0 spiro atoms. The summed E-state index contributed by atoms with van der Waals surface area (Å²) in [7, 11) is 0. The molecule has 22 heavy (non-hydrogen) atoms. The van der Waals surface area contributed by atoms with E-state index in [1.807, 2.05) is 19.1 Å². The van der Waals surface area contributed by atoms with E-state index < -0.39 is 0 Å². The molecule has 0 aliphatic carbocycles. The molecular weight excluding hydrogens is 270 g/mol. The maximum Gasteiger partial charge on any atom is 0.119 e.